The van der Waals surface area contributed by atoms with Crippen LogP contribution in [-0.2, 0) is 14.3 Å². The molecule has 0 aromatic carbocycles. The van der Waals surface area contributed by atoms with Gasteiger partial charge in [0, 0.05) is 12.7 Å². The number of carbonyl (C=O) groups excluding carboxylic acids is 2. The molecular weight excluding hydrogens is 190 g/mol. The molecule has 1 saturated heterocycles. The summed E-state index contributed by atoms with van der Waals surface area (Å²) in [6.45, 7) is 3.60. The molecule has 0 aromatic rings. The lowest BCUT2D eigenvalue weighted by Crippen LogP contribution is -2.41. The van der Waals surface area contributed by atoms with E-state index in [9.17, 15) is 9.59 Å². The molecule has 0 radical (unpaired) electrons. The van der Waals surface area contributed by atoms with Gasteiger partial charge in [-0.25, -0.2) is 4.79 Å². The maximum absolute atomic E-state index is 11.3. The highest BCUT2D eigenvalue weighted by atomic mass is 32.2. The van der Waals surface area contributed by atoms with Crippen LogP contribution in [-0.4, -0.2) is 41.1 Å². The molecule has 1 aliphatic heterocycles. The van der Waals surface area contributed by atoms with Crippen LogP contribution in [0.25, 0.3) is 0 Å². The SMILES string of the molecule is CCOC(=O)[C@H]1CSCN1C(C)=O. The summed E-state index contributed by atoms with van der Waals surface area (Å²) in [6, 6.07) is -0.373. The Labute approximate surface area is 81.6 Å². The lowest BCUT2D eigenvalue weighted by molar-refractivity contribution is -0.151. The van der Waals surface area contributed by atoms with Crippen LogP contribution in [0.5, 0.6) is 0 Å². The van der Waals surface area contributed by atoms with Crippen LogP contribution in [0.15, 0.2) is 0 Å². The van der Waals surface area contributed by atoms with Gasteiger partial charge < -0.3 is 9.64 Å². The summed E-state index contributed by atoms with van der Waals surface area (Å²) in [4.78, 5) is 23.9. The minimum absolute atomic E-state index is 0.0666. The first kappa shape index (κ1) is 10.4. The van der Waals surface area contributed by atoms with E-state index in [1.807, 2.05) is 0 Å². The summed E-state index contributed by atoms with van der Waals surface area (Å²) in [7, 11) is 0. The second-order valence-electron chi connectivity index (χ2n) is 2.76. The van der Waals surface area contributed by atoms with Gasteiger partial charge in [0.15, 0.2) is 0 Å². The Hall–Kier alpha value is -0.710. The van der Waals surface area contributed by atoms with Crippen molar-refractivity contribution in [2.45, 2.75) is 19.9 Å². The molecule has 1 amide bonds. The molecule has 0 N–H and O–H groups in total. The Balaban J connectivity index is 2.57. The Bertz CT molecular complexity index is 219. The number of rotatable bonds is 2. The highest BCUT2D eigenvalue weighted by molar-refractivity contribution is 7.99. The molecule has 5 heteroatoms. The van der Waals surface area contributed by atoms with E-state index in [1.165, 1.54) is 6.92 Å². The zero-order chi connectivity index (χ0) is 9.84. The molecule has 13 heavy (non-hydrogen) atoms. The standard InChI is InChI=1S/C8H13NO3S/c1-3-12-8(11)7-4-13-5-9(7)6(2)10/h7H,3-5H2,1-2H3/t7-/m1/s1. The van der Waals surface area contributed by atoms with E-state index in [-0.39, 0.29) is 17.9 Å². The molecule has 4 nitrogen and oxygen atoms in total. The predicted molar refractivity (Wildman–Crippen MR) is 50.3 cm³/mol. The first-order chi connectivity index (χ1) is 6.16. The minimum atomic E-state index is -0.373. The van der Waals surface area contributed by atoms with Crippen LogP contribution in [0.1, 0.15) is 13.8 Å². The number of esters is 1. The molecular formula is C8H13NO3S. The van der Waals surface area contributed by atoms with Gasteiger partial charge >= 0.3 is 5.97 Å². The van der Waals surface area contributed by atoms with Gasteiger partial charge in [-0.2, -0.15) is 0 Å². The quantitative estimate of drug-likeness (QED) is 0.612. The number of thioether (sulfide) groups is 1. The van der Waals surface area contributed by atoms with E-state index in [1.54, 1.807) is 23.6 Å². The average Bonchev–Trinajstić information content (AvgIpc) is 2.52. The van der Waals surface area contributed by atoms with Crippen LogP contribution in [0.4, 0.5) is 0 Å². The Morgan fingerprint density at radius 2 is 2.31 bits per heavy atom. The molecule has 74 valence electrons. The lowest BCUT2D eigenvalue weighted by atomic mass is 10.3. The molecule has 1 rings (SSSR count). The van der Waals surface area contributed by atoms with Crippen molar-refractivity contribution in [1.29, 1.82) is 0 Å². The summed E-state index contributed by atoms with van der Waals surface area (Å²) in [5, 5.41) is 0. The molecule has 0 bridgehead atoms. The zero-order valence-electron chi connectivity index (χ0n) is 7.78. The van der Waals surface area contributed by atoms with E-state index >= 15 is 0 Å². The highest BCUT2D eigenvalue weighted by Crippen LogP contribution is 2.21. The van der Waals surface area contributed by atoms with Crippen LogP contribution in [0.3, 0.4) is 0 Å². The van der Waals surface area contributed by atoms with Gasteiger partial charge in [-0.15, -0.1) is 11.8 Å². The van der Waals surface area contributed by atoms with Crippen molar-refractivity contribution in [3.05, 3.63) is 0 Å². The molecule has 0 unspecified atom stereocenters. The van der Waals surface area contributed by atoms with Gasteiger partial charge in [-0.05, 0) is 6.92 Å². The fourth-order valence-corrected chi connectivity index (χ4v) is 2.39. The van der Waals surface area contributed by atoms with E-state index in [0.717, 1.165) is 0 Å². The number of amides is 1. The molecule has 1 atom stereocenters. The summed E-state index contributed by atoms with van der Waals surface area (Å²) in [5.41, 5.74) is 0. The van der Waals surface area contributed by atoms with Crippen molar-refractivity contribution in [1.82, 2.24) is 4.90 Å². The Morgan fingerprint density at radius 3 is 2.85 bits per heavy atom. The monoisotopic (exact) mass is 203 g/mol. The van der Waals surface area contributed by atoms with Crippen molar-refractivity contribution < 1.29 is 14.3 Å². The second-order valence-corrected chi connectivity index (χ2v) is 3.76. The first-order valence-electron chi connectivity index (χ1n) is 4.18. The summed E-state index contributed by atoms with van der Waals surface area (Å²) in [6.07, 6.45) is 0. The number of hydrogen-bond donors (Lipinski definition) is 0. The third-order valence-corrected chi connectivity index (χ3v) is 2.86. The van der Waals surface area contributed by atoms with Crippen molar-refractivity contribution in [2.75, 3.05) is 18.2 Å². The Kier molecular flexibility index (Phi) is 3.59. The average molecular weight is 203 g/mol. The van der Waals surface area contributed by atoms with Gasteiger partial charge in [0.2, 0.25) is 5.91 Å². The second kappa shape index (κ2) is 4.50. The maximum Gasteiger partial charge on any atom is 0.329 e. The van der Waals surface area contributed by atoms with Crippen LogP contribution >= 0.6 is 11.8 Å². The largest absolute Gasteiger partial charge is 0.464 e. The summed E-state index contributed by atoms with van der Waals surface area (Å²) in [5.74, 6) is 0.891. The van der Waals surface area contributed by atoms with Crippen molar-refractivity contribution in [3.63, 3.8) is 0 Å². The third-order valence-electron chi connectivity index (χ3n) is 1.85. The third kappa shape index (κ3) is 2.37. The molecule has 0 aromatic heterocycles. The number of carbonyl (C=O) groups is 2. The zero-order valence-corrected chi connectivity index (χ0v) is 8.60. The molecule has 0 saturated carbocycles. The topological polar surface area (TPSA) is 46.6 Å². The van der Waals surface area contributed by atoms with Crippen molar-refractivity contribution >= 4 is 23.6 Å². The molecule has 1 heterocycles. The molecule has 0 aliphatic carbocycles. The van der Waals surface area contributed by atoms with Gasteiger partial charge in [0.1, 0.15) is 6.04 Å². The number of hydrogen-bond acceptors (Lipinski definition) is 4. The van der Waals surface area contributed by atoms with Crippen LogP contribution in [0.2, 0.25) is 0 Å². The summed E-state index contributed by atoms with van der Waals surface area (Å²) < 4.78 is 4.86. The van der Waals surface area contributed by atoms with Crippen molar-refractivity contribution in [3.8, 4) is 0 Å². The van der Waals surface area contributed by atoms with E-state index in [2.05, 4.69) is 0 Å². The van der Waals surface area contributed by atoms with E-state index < -0.39 is 0 Å². The number of nitrogens with zero attached hydrogens (tertiary/aromatic N) is 1. The molecule has 1 fully saturated rings. The lowest BCUT2D eigenvalue weighted by Gasteiger charge is -2.20. The molecule has 1 aliphatic rings. The minimum Gasteiger partial charge on any atom is -0.464 e. The smallest absolute Gasteiger partial charge is 0.329 e. The Morgan fingerprint density at radius 1 is 1.62 bits per heavy atom. The van der Waals surface area contributed by atoms with Crippen LogP contribution < -0.4 is 0 Å². The van der Waals surface area contributed by atoms with Gasteiger partial charge in [0.05, 0.1) is 12.5 Å². The van der Waals surface area contributed by atoms with Crippen molar-refractivity contribution in [2.24, 2.45) is 0 Å². The summed E-state index contributed by atoms with van der Waals surface area (Å²) >= 11 is 1.58. The number of ether oxygens (including phenoxy) is 1. The molecule has 0 spiro atoms. The van der Waals surface area contributed by atoms with E-state index in [4.69, 9.17) is 4.74 Å². The highest BCUT2D eigenvalue weighted by Gasteiger charge is 2.33. The first-order valence-corrected chi connectivity index (χ1v) is 5.34. The van der Waals surface area contributed by atoms with Gasteiger partial charge in [-0.3, -0.25) is 4.79 Å². The fraction of sp³-hybridized carbons (Fsp3) is 0.750. The fourth-order valence-electron chi connectivity index (χ4n) is 1.19. The maximum atomic E-state index is 11.3. The van der Waals surface area contributed by atoms with E-state index in [0.29, 0.717) is 18.2 Å². The van der Waals surface area contributed by atoms with Crippen LogP contribution in [0, 0.1) is 0 Å². The van der Waals surface area contributed by atoms with Gasteiger partial charge in [0.25, 0.3) is 0 Å². The predicted octanol–water partition coefficient (Wildman–Crippen LogP) is 0.471. The van der Waals surface area contributed by atoms with Gasteiger partial charge in [-0.1, -0.05) is 0 Å². The normalized spacial score (nSPS) is 21.7.